The summed E-state index contributed by atoms with van der Waals surface area (Å²) in [6, 6.07) is 8.76. The van der Waals surface area contributed by atoms with Crippen LogP contribution >= 0.6 is 34.0 Å². The highest BCUT2D eigenvalue weighted by Gasteiger charge is 2.46. The fraction of sp³-hybridized carbons (Fsp3) is 0.469. The van der Waals surface area contributed by atoms with Crippen molar-refractivity contribution in [1.29, 1.82) is 0 Å². The summed E-state index contributed by atoms with van der Waals surface area (Å²) in [6.07, 6.45) is 5.07. The molecule has 8 rings (SSSR count). The molecule has 1 saturated carbocycles. The number of Topliss-reactive ketones (excluding diaryl/α,β-unsaturated/α-hetero) is 1. The first-order valence-electron chi connectivity index (χ1n) is 24.1. The van der Waals surface area contributed by atoms with Gasteiger partial charge in [-0.05, 0) is 84.0 Å². The molecule has 19 nitrogen and oxygen atoms in total. The quantitative estimate of drug-likeness (QED) is 0.112. The van der Waals surface area contributed by atoms with E-state index in [1.807, 2.05) is 59.3 Å². The number of nitrogens with zero attached hydrogens (tertiary/aromatic N) is 4. The smallest absolute Gasteiger partial charge is 0.243 e. The van der Waals surface area contributed by atoms with Gasteiger partial charge in [0.15, 0.2) is 5.78 Å². The van der Waals surface area contributed by atoms with Crippen LogP contribution in [0.2, 0.25) is 0 Å². The number of ketones is 1. The van der Waals surface area contributed by atoms with E-state index in [0.29, 0.717) is 31.4 Å². The van der Waals surface area contributed by atoms with Gasteiger partial charge in [-0.1, -0.05) is 48.7 Å². The van der Waals surface area contributed by atoms with Crippen molar-refractivity contribution in [3.05, 3.63) is 71.1 Å². The van der Waals surface area contributed by atoms with Crippen LogP contribution in [0.3, 0.4) is 0 Å². The predicted octanol–water partition coefficient (Wildman–Crippen LogP) is 3.32. The molecule has 5 aromatic rings. The SMILES string of the molecule is NC(=O)C[C@@H]1NC(=O)[C@@H](N)CC(=O)NCCCC[C@@H](C(N)=O)NC(=O)[C@H](Cc2csc3ccccc23)NC(=O)[C@@H]2C[C@H](n3cc(-c4ccc(-c5cccs5)s4)nn3)CN2C(=O)[C@H](C2CCCCC2)CC1=O. The molecule has 0 bridgehead atoms. The van der Waals surface area contributed by atoms with Gasteiger partial charge >= 0.3 is 0 Å². The lowest BCUT2D eigenvalue weighted by Gasteiger charge is -2.35. The van der Waals surface area contributed by atoms with E-state index in [0.717, 1.165) is 49.5 Å². The van der Waals surface area contributed by atoms with Crippen LogP contribution in [0, 0.1) is 11.8 Å². The average Bonchev–Trinajstić information content (AvgIpc) is 4.22. The van der Waals surface area contributed by atoms with Gasteiger partial charge in [-0.25, -0.2) is 4.68 Å². The van der Waals surface area contributed by atoms with Crippen LogP contribution in [-0.4, -0.2) is 110 Å². The Morgan fingerprint density at radius 2 is 1.54 bits per heavy atom. The molecule has 22 heteroatoms. The molecule has 376 valence electrons. The van der Waals surface area contributed by atoms with Gasteiger partial charge in [0, 0.05) is 52.7 Å². The molecule has 2 saturated heterocycles. The number of aromatic nitrogens is 3. The van der Waals surface area contributed by atoms with Crippen LogP contribution in [0.5, 0.6) is 0 Å². The van der Waals surface area contributed by atoms with Crippen LogP contribution in [0.25, 0.3) is 30.4 Å². The van der Waals surface area contributed by atoms with Crippen molar-refractivity contribution in [2.45, 2.75) is 120 Å². The van der Waals surface area contributed by atoms with Crippen molar-refractivity contribution in [2.75, 3.05) is 13.1 Å². The van der Waals surface area contributed by atoms with E-state index in [9.17, 15) is 28.8 Å². The third kappa shape index (κ3) is 12.6. The topological polar surface area (TPSA) is 297 Å². The van der Waals surface area contributed by atoms with Gasteiger partial charge in [-0.3, -0.25) is 38.4 Å². The molecule has 3 fully saturated rings. The maximum absolute atomic E-state index is 15.4. The van der Waals surface area contributed by atoms with E-state index in [2.05, 4.69) is 31.6 Å². The molecule has 6 heterocycles. The van der Waals surface area contributed by atoms with E-state index < -0.39 is 109 Å². The number of rotatable bonds is 9. The molecule has 1 aliphatic carbocycles. The largest absolute Gasteiger partial charge is 0.370 e. The van der Waals surface area contributed by atoms with Gasteiger partial charge in [0.05, 0.1) is 42.0 Å². The molecule has 0 unspecified atom stereocenters. The molecular formula is C49H59N11O8S3. The average molecular weight is 1030 g/mol. The first-order valence-corrected chi connectivity index (χ1v) is 26.6. The van der Waals surface area contributed by atoms with Crippen LogP contribution in [0.15, 0.2) is 65.5 Å². The van der Waals surface area contributed by atoms with Gasteiger partial charge in [0.1, 0.15) is 23.8 Å². The summed E-state index contributed by atoms with van der Waals surface area (Å²) in [4.78, 5) is 115. The third-order valence-electron chi connectivity index (χ3n) is 13.7. The lowest BCUT2D eigenvalue weighted by molar-refractivity contribution is -0.146. The van der Waals surface area contributed by atoms with Crippen LogP contribution in [0.1, 0.15) is 88.7 Å². The summed E-state index contributed by atoms with van der Waals surface area (Å²) < 4.78 is 2.62. The summed E-state index contributed by atoms with van der Waals surface area (Å²) >= 11 is 4.68. The summed E-state index contributed by atoms with van der Waals surface area (Å²) in [5, 5.41) is 24.8. The Balaban J connectivity index is 1.16. The van der Waals surface area contributed by atoms with E-state index in [-0.39, 0.29) is 38.3 Å². The van der Waals surface area contributed by atoms with Gasteiger partial charge in [-0.15, -0.1) is 39.1 Å². The van der Waals surface area contributed by atoms with Crippen LogP contribution in [-0.2, 0) is 44.8 Å². The number of primary amides is 2. The zero-order valence-corrected chi connectivity index (χ0v) is 41.5. The Kier molecular flexibility index (Phi) is 16.7. The maximum atomic E-state index is 15.4. The highest BCUT2D eigenvalue weighted by Crippen LogP contribution is 2.39. The highest BCUT2D eigenvalue weighted by molar-refractivity contribution is 7.23. The van der Waals surface area contributed by atoms with Crippen molar-refractivity contribution < 1.29 is 38.4 Å². The molecule has 7 atom stereocenters. The van der Waals surface area contributed by atoms with Gasteiger partial charge in [-0.2, -0.15) is 0 Å². The monoisotopic (exact) mass is 1030 g/mol. The molecule has 10 N–H and O–H groups in total. The van der Waals surface area contributed by atoms with Crippen molar-refractivity contribution in [1.82, 2.24) is 41.2 Å². The number of nitrogens with one attached hydrogen (secondary N) is 4. The van der Waals surface area contributed by atoms with Crippen molar-refractivity contribution in [3.8, 4) is 20.3 Å². The van der Waals surface area contributed by atoms with Gasteiger partial charge in [0.2, 0.25) is 41.4 Å². The van der Waals surface area contributed by atoms with Gasteiger partial charge < -0.3 is 43.4 Å². The Bertz CT molecular complexity index is 2750. The van der Waals surface area contributed by atoms with E-state index >= 15 is 9.59 Å². The third-order valence-corrected chi connectivity index (χ3v) is 16.9. The molecule has 0 radical (unpaired) electrons. The number of carbonyl (C=O) groups excluding carboxylic acids is 8. The number of thiophene rings is 3. The lowest BCUT2D eigenvalue weighted by atomic mass is 9.76. The number of carbonyl (C=O) groups is 8. The number of fused-ring (bicyclic) bond motifs is 2. The second-order valence-corrected chi connectivity index (χ2v) is 21.6. The molecule has 71 heavy (non-hydrogen) atoms. The number of hydrogen-bond acceptors (Lipinski definition) is 14. The summed E-state index contributed by atoms with van der Waals surface area (Å²) in [5.74, 6) is -6.76. The Labute approximate surface area is 422 Å². The minimum Gasteiger partial charge on any atom is -0.370 e. The summed E-state index contributed by atoms with van der Waals surface area (Å²) in [7, 11) is 0. The first-order chi connectivity index (χ1) is 34.2. The zero-order chi connectivity index (χ0) is 50.2. The highest BCUT2D eigenvalue weighted by atomic mass is 32.1. The summed E-state index contributed by atoms with van der Waals surface area (Å²) in [6.45, 7) is 0.144. The summed E-state index contributed by atoms with van der Waals surface area (Å²) in [5.41, 5.74) is 19.0. The van der Waals surface area contributed by atoms with Crippen LogP contribution in [0.4, 0.5) is 0 Å². The second kappa shape index (κ2) is 23.2. The minimum atomic E-state index is -1.45. The number of amides is 7. The van der Waals surface area contributed by atoms with Crippen LogP contribution < -0.4 is 38.5 Å². The molecular weight excluding hydrogens is 967 g/mol. The van der Waals surface area contributed by atoms with E-state index in [1.165, 1.54) is 16.2 Å². The molecule has 0 spiro atoms. The van der Waals surface area contributed by atoms with Crippen molar-refractivity contribution in [3.63, 3.8) is 0 Å². The number of nitrogens with two attached hydrogens (primary N) is 3. The van der Waals surface area contributed by atoms with Gasteiger partial charge in [0.25, 0.3) is 0 Å². The van der Waals surface area contributed by atoms with E-state index in [1.54, 1.807) is 33.6 Å². The maximum Gasteiger partial charge on any atom is 0.243 e. The van der Waals surface area contributed by atoms with Crippen molar-refractivity contribution in [2.24, 2.45) is 29.0 Å². The zero-order valence-electron chi connectivity index (χ0n) is 39.1. The normalized spacial score (nSPS) is 25.3. The molecule has 1 aromatic carbocycles. The molecule has 7 amide bonds. The predicted molar refractivity (Wildman–Crippen MR) is 269 cm³/mol. The lowest BCUT2D eigenvalue weighted by Crippen LogP contribution is -2.57. The molecule has 4 aromatic heterocycles. The Morgan fingerprint density at radius 1 is 0.775 bits per heavy atom. The Morgan fingerprint density at radius 3 is 2.30 bits per heavy atom. The first kappa shape index (κ1) is 51.0. The fourth-order valence-corrected chi connectivity index (χ4v) is 12.7. The minimum absolute atomic E-state index is 0.00380. The molecule has 3 aliphatic rings. The second-order valence-electron chi connectivity index (χ2n) is 18.7. The number of benzene rings is 1. The standard InChI is InChI=1S/C49H59N11O8S3/c50-32-22-44(63)53-17-7-6-12-33(45(52)64)54-47(66)35(19-28-26-70-39-13-5-4-11-30(28)39)56-48(67)37-20-29(60-25-36(57-58-60)40-15-16-42(71-40)41-14-8-18-69-41)24-59(37)49(68)31(27-9-2-1-3-10-27)21-38(61)34(23-43(51)62)55-46(32)65/h4-5,8,11,13-16,18,25-27,29,31-35,37H,1-3,6-7,9-10,12,17,19-24,50H2,(H2,51,62)(H2,52,64)(H,53,63)(H,54,66)(H,55,65)(H,56,67)/t29-,31-,32-,33-,34-,35-,37-/m0/s1. The number of hydrogen-bond donors (Lipinski definition) is 7. The molecule has 2 aliphatic heterocycles. The van der Waals surface area contributed by atoms with Crippen molar-refractivity contribution >= 4 is 91.2 Å². The Hall–Kier alpha value is -6.36. The van der Waals surface area contributed by atoms with E-state index in [4.69, 9.17) is 17.2 Å². The fourth-order valence-electron chi connectivity index (χ4n) is 9.89.